The molecule has 1 saturated carbocycles. The molecule has 1 aliphatic carbocycles. The number of carbonyl (C=O) groups is 2. The molecule has 0 radical (unpaired) electrons. The van der Waals surface area contributed by atoms with Crippen molar-refractivity contribution in [3.05, 3.63) is 52.2 Å². The minimum absolute atomic E-state index is 0.148. The van der Waals surface area contributed by atoms with E-state index in [1.54, 1.807) is 37.9 Å². The van der Waals surface area contributed by atoms with Crippen LogP contribution in [0.4, 0.5) is 5.69 Å². The number of anilines is 1. The largest absolute Gasteiger partial charge is 0.481 e. The molecule has 2 aromatic rings. The molecular formula is C24H29N3O4. The van der Waals surface area contributed by atoms with E-state index < -0.39 is 5.60 Å². The molecule has 0 saturated heterocycles. The van der Waals surface area contributed by atoms with Crippen LogP contribution in [0.15, 0.2) is 24.4 Å². The Balaban J connectivity index is 1.66. The molecule has 2 N–H and O–H groups in total. The number of aryl methyl sites for hydroxylation is 1. The maximum absolute atomic E-state index is 13.4. The molecule has 2 aliphatic rings. The predicted molar refractivity (Wildman–Crippen MR) is 117 cm³/mol. The maximum atomic E-state index is 13.4. The molecule has 1 aromatic heterocycles. The Kier molecular flexibility index (Phi) is 5.25. The highest BCUT2D eigenvalue weighted by molar-refractivity contribution is 6.11. The average Bonchev–Trinajstić information content (AvgIpc) is 3.45. The zero-order valence-corrected chi connectivity index (χ0v) is 18.7. The quantitative estimate of drug-likeness (QED) is 0.742. The number of benzene rings is 1. The third-order valence-corrected chi connectivity index (χ3v) is 6.23. The SMILES string of the molecule is COc1ncc(C)c(C(=O)Nc2cccc3c2C(=O)N([C@@H](C2CC2)C(C)(C)O)C3)c1C. The number of methoxy groups -OCH3 is 1. The van der Waals surface area contributed by atoms with Gasteiger partial charge in [0, 0.05) is 18.3 Å². The Morgan fingerprint density at radius 3 is 2.65 bits per heavy atom. The number of amides is 2. The van der Waals surface area contributed by atoms with Gasteiger partial charge in [-0.25, -0.2) is 4.98 Å². The van der Waals surface area contributed by atoms with Crippen LogP contribution in [-0.4, -0.2) is 45.6 Å². The minimum Gasteiger partial charge on any atom is -0.481 e. The Hall–Kier alpha value is -2.93. The van der Waals surface area contributed by atoms with Gasteiger partial charge in [-0.05, 0) is 63.6 Å². The number of carbonyl (C=O) groups excluding carboxylic acids is 2. The first-order valence-electron chi connectivity index (χ1n) is 10.6. The zero-order chi connectivity index (χ0) is 22.5. The highest BCUT2D eigenvalue weighted by Crippen LogP contribution is 2.43. The standard InChI is InChI=1S/C24H29N3O4/c1-13-11-25-22(31-5)14(2)18(13)21(28)26-17-8-6-7-16-12-27(23(29)19(16)17)20(15-9-10-15)24(3,4)30/h6-8,11,15,20,30H,9-10,12H2,1-5H3,(H,26,28)/t20-/m0/s1. The van der Waals surface area contributed by atoms with Crippen molar-refractivity contribution in [2.45, 2.75) is 58.7 Å². The van der Waals surface area contributed by atoms with E-state index in [9.17, 15) is 14.7 Å². The van der Waals surface area contributed by atoms with E-state index in [0.29, 0.717) is 40.7 Å². The summed E-state index contributed by atoms with van der Waals surface area (Å²) in [4.78, 5) is 32.6. The van der Waals surface area contributed by atoms with Gasteiger partial charge < -0.3 is 20.1 Å². The maximum Gasteiger partial charge on any atom is 0.256 e. The number of hydrogen-bond donors (Lipinski definition) is 2. The number of nitrogens with one attached hydrogen (secondary N) is 1. The van der Waals surface area contributed by atoms with E-state index in [1.165, 1.54) is 7.11 Å². The number of fused-ring (bicyclic) bond motifs is 1. The monoisotopic (exact) mass is 423 g/mol. The molecular weight excluding hydrogens is 394 g/mol. The van der Waals surface area contributed by atoms with Crippen molar-refractivity contribution < 1.29 is 19.4 Å². The second kappa shape index (κ2) is 7.64. The summed E-state index contributed by atoms with van der Waals surface area (Å²) in [5.74, 6) is 0.252. The van der Waals surface area contributed by atoms with E-state index in [1.807, 2.05) is 19.1 Å². The van der Waals surface area contributed by atoms with Crippen LogP contribution in [0.5, 0.6) is 5.88 Å². The summed E-state index contributed by atoms with van der Waals surface area (Å²) in [6.45, 7) is 7.57. The van der Waals surface area contributed by atoms with Gasteiger partial charge in [0.15, 0.2) is 0 Å². The summed E-state index contributed by atoms with van der Waals surface area (Å²) in [5, 5.41) is 13.7. The van der Waals surface area contributed by atoms with Gasteiger partial charge >= 0.3 is 0 Å². The van der Waals surface area contributed by atoms with Crippen molar-refractivity contribution in [3.63, 3.8) is 0 Å². The zero-order valence-electron chi connectivity index (χ0n) is 18.7. The fourth-order valence-corrected chi connectivity index (χ4v) is 4.80. The van der Waals surface area contributed by atoms with Gasteiger partial charge in [-0.2, -0.15) is 0 Å². The molecule has 0 unspecified atom stereocenters. The molecule has 2 heterocycles. The van der Waals surface area contributed by atoms with Crippen molar-refractivity contribution in [1.82, 2.24) is 9.88 Å². The predicted octanol–water partition coefficient (Wildman–Crippen LogP) is 3.46. The summed E-state index contributed by atoms with van der Waals surface area (Å²) >= 11 is 0. The number of ether oxygens (including phenoxy) is 1. The molecule has 1 atom stereocenters. The first kappa shape index (κ1) is 21.3. The number of rotatable bonds is 6. The summed E-state index contributed by atoms with van der Waals surface area (Å²) in [6.07, 6.45) is 3.63. The van der Waals surface area contributed by atoms with Crippen LogP contribution >= 0.6 is 0 Å². The molecule has 1 fully saturated rings. The third kappa shape index (κ3) is 3.78. The molecule has 7 nitrogen and oxygen atoms in total. The number of nitrogens with zero attached hydrogens (tertiary/aromatic N) is 2. The number of aliphatic hydroxyl groups is 1. The number of hydrogen-bond acceptors (Lipinski definition) is 5. The highest BCUT2D eigenvalue weighted by atomic mass is 16.5. The van der Waals surface area contributed by atoms with Gasteiger partial charge in [-0.1, -0.05) is 12.1 Å². The van der Waals surface area contributed by atoms with E-state index in [0.717, 1.165) is 24.0 Å². The minimum atomic E-state index is -0.996. The summed E-state index contributed by atoms with van der Waals surface area (Å²) in [6, 6.07) is 5.25. The lowest BCUT2D eigenvalue weighted by atomic mass is 9.93. The number of pyridine rings is 1. The first-order chi connectivity index (χ1) is 14.6. The number of aromatic nitrogens is 1. The lowest BCUT2D eigenvalue weighted by Gasteiger charge is -2.37. The van der Waals surface area contributed by atoms with Crippen molar-refractivity contribution in [3.8, 4) is 5.88 Å². The summed E-state index contributed by atoms with van der Waals surface area (Å²) in [7, 11) is 1.52. The second-order valence-electron chi connectivity index (χ2n) is 9.11. The van der Waals surface area contributed by atoms with E-state index in [2.05, 4.69) is 10.3 Å². The molecule has 1 aromatic carbocycles. The van der Waals surface area contributed by atoms with Gasteiger partial charge in [-0.3, -0.25) is 9.59 Å². The van der Waals surface area contributed by atoms with Crippen LogP contribution in [0.1, 0.15) is 64.1 Å². The van der Waals surface area contributed by atoms with Gasteiger partial charge in [0.05, 0.1) is 35.6 Å². The fourth-order valence-electron chi connectivity index (χ4n) is 4.80. The molecule has 0 spiro atoms. The summed E-state index contributed by atoms with van der Waals surface area (Å²) in [5.41, 5.74) is 2.71. The molecule has 1 aliphatic heterocycles. The van der Waals surface area contributed by atoms with Crippen LogP contribution in [0.2, 0.25) is 0 Å². The van der Waals surface area contributed by atoms with Crippen molar-refractivity contribution in [2.75, 3.05) is 12.4 Å². The molecule has 4 rings (SSSR count). The lowest BCUT2D eigenvalue weighted by Crippen LogP contribution is -2.51. The highest BCUT2D eigenvalue weighted by Gasteiger charge is 2.48. The van der Waals surface area contributed by atoms with E-state index in [-0.39, 0.29) is 17.9 Å². The van der Waals surface area contributed by atoms with Gasteiger partial charge in [0.2, 0.25) is 5.88 Å². The lowest BCUT2D eigenvalue weighted by molar-refractivity contribution is -0.0224. The first-order valence-corrected chi connectivity index (χ1v) is 10.6. The van der Waals surface area contributed by atoms with Gasteiger partial charge in [0.1, 0.15) is 0 Å². The third-order valence-electron chi connectivity index (χ3n) is 6.23. The van der Waals surface area contributed by atoms with Crippen molar-refractivity contribution in [2.24, 2.45) is 5.92 Å². The Morgan fingerprint density at radius 2 is 2.03 bits per heavy atom. The van der Waals surface area contributed by atoms with E-state index in [4.69, 9.17) is 4.74 Å². The normalized spacial score (nSPS) is 16.8. The fraction of sp³-hybridized carbons (Fsp3) is 0.458. The van der Waals surface area contributed by atoms with Crippen LogP contribution in [0.3, 0.4) is 0 Å². The second-order valence-corrected chi connectivity index (χ2v) is 9.11. The van der Waals surface area contributed by atoms with Gasteiger partial charge in [-0.15, -0.1) is 0 Å². The molecule has 2 amide bonds. The van der Waals surface area contributed by atoms with Crippen LogP contribution < -0.4 is 10.1 Å². The summed E-state index contributed by atoms with van der Waals surface area (Å²) < 4.78 is 5.26. The van der Waals surface area contributed by atoms with Crippen molar-refractivity contribution in [1.29, 1.82) is 0 Å². The molecule has 164 valence electrons. The Bertz CT molecular complexity index is 1050. The Labute approximate surface area is 182 Å². The average molecular weight is 424 g/mol. The molecule has 31 heavy (non-hydrogen) atoms. The van der Waals surface area contributed by atoms with Crippen LogP contribution in [0.25, 0.3) is 0 Å². The van der Waals surface area contributed by atoms with E-state index >= 15 is 0 Å². The van der Waals surface area contributed by atoms with Gasteiger partial charge in [0.25, 0.3) is 11.8 Å². The Morgan fingerprint density at radius 1 is 1.32 bits per heavy atom. The topological polar surface area (TPSA) is 91.8 Å². The molecule has 0 bridgehead atoms. The van der Waals surface area contributed by atoms with Crippen LogP contribution in [-0.2, 0) is 6.54 Å². The van der Waals surface area contributed by atoms with Crippen LogP contribution in [0, 0.1) is 19.8 Å². The smallest absolute Gasteiger partial charge is 0.256 e. The van der Waals surface area contributed by atoms with Crippen molar-refractivity contribution >= 4 is 17.5 Å². The molecule has 7 heteroatoms.